The molecular formula is C13H10ClFN2O4. The number of ether oxygens (including phenoxy) is 1. The molecule has 0 bridgehead atoms. The van der Waals surface area contributed by atoms with E-state index in [2.05, 4.69) is 5.16 Å². The topological polar surface area (TPSA) is 95.4 Å². The lowest BCUT2D eigenvalue weighted by Gasteiger charge is -2.05. The molecule has 2 aromatic rings. The first kappa shape index (κ1) is 15.0. The molecule has 0 saturated heterocycles. The van der Waals surface area contributed by atoms with E-state index in [9.17, 15) is 14.0 Å². The number of esters is 1. The highest BCUT2D eigenvalue weighted by Gasteiger charge is 2.26. The van der Waals surface area contributed by atoms with Crippen LogP contribution in [0, 0.1) is 12.7 Å². The molecule has 21 heavy (non-hydrogen) atoms. The molecule has 2 rings (SSSR count). The lowest BCUT2D eigenvalue weighted by Crippen LogP contribution is -2.21. The minimum absolute atomic E-state index is 0.0623. The molecule has 1 aromatic heterocycles. The second-order valence-corrected chi connectivity index (χ2v) is 4.51. The molecule has 0 spiro atoms. The Morgan fingerprint density at radius 3 is 2.81 bits per heavy atom. The molecule has 0 radical (unpaired) electrons. The number of nitrogens with two attached hydrogens (primary N) is 1. The Kier molecular flexibility index (Phi) is 4.23. The number of aryl methyl sites for hydroxylation is 1. The van der Waals surface area contributed by atoms with Crippen LogP contribution >= 0.6 is 11.6 Å². The molecule has 0 saturated carbocycles. The van der Waals surface area contributed by atoms with Gasteiger partial charge in [0.2, 0.25) is 0 Å². The number of nitrogens with zero attached hydrogens (tertiary/aromatic N) is 1. The van der Waals surface area contributed by atoms with E-state index in [1.165, 1.54) is 25.1 Å². The molecule has 0 aliphatic carbocycles. The zero-order valence-electron chi connectivity index (χ0n) is 10.9. The van der Waals surface area contributed by atoms with Crippen LogP contribution in [0.15, 0.2) is 22.7 Å². The van der Waals surface area contributed by atoms with Gasteiger partial charge in [0.25, 0.3) is 5.91 Å². The van der Waals surface area contributed by atoms with Crippen LogP contribution in [0.5, 0.6) is 0 Å². The van der Waals surface area contributed by atoms with Gasteiger partial charge in [-0.25, -0.2) is 9.18 Å². The Labute approximate surface area is 123 Å². The van der Waals surface area contributed by atoms with E-state index in [0.717, 1.165) is 0 Å². The molecule has 2 N–H and O–H groups in total. The lowest BCUT2D eigenvalue weighted by atomic mass is 10.1. The Morgan fingerprint density at radius 2 is 2.19 bits per heavy atom. The predicted octanol–water partition coefficient (Wildman–Crippen LogP) is 2.08. The average molecular weight is 313 g/mol. The molecule has 0 fully saturated rings. The van der Waals surface area contributed by atoms with Gasteiger partial charge in [0.15, 0.2) is 6.61 Å². The smallest absolute Gasteiger partial charge is 0.344 e. The summed E-state index contributed by atoms with van der Waals surface area (Å²) in [6.07, 6.45) is 0. The fourth-order valence-electron chi connectivity index (χ4n) is 1.72. The van der Waals surface area contributed by atoms with Crippen molar-refractivity contribution in [1.82, 2.24) is 5.16 Å². The van der Waals surface area contributed by atoms with E-state index in [0.29, 0.717) is 0 Å². The maximum atomic E-state index is 13.9. The van der Waals surface area contributed by atoms with Crippen molar-refractivity contribution in [2.45, 2.75) is 6.92 Å². The first-order valence-electron chi connectivity index (χ1n) is 5.78. The number of carbonyl (C=O) groups is 2. The molecular weight excluding hydrogens is 303 g/mol. The largest absolute Gasteiger partial charge is 0.452 e. The number of hydrogen-bond acceptors (Lipinski definition) is 5. The Hall–Kier alpha value is -2.41. The normalized spacial score (nSPS) is 10.4. The lowest BCUT2D eigenvalue weighted by molar-refractivity contribution is -0.121. The van der Waals surface area contributed by atoms with Crippen molar-refractivity contribution < 1.29 is 23.2 Å². The minimum atomic E-state index is -0.901. The van der Waals surface area contributed by atoms with Gasteiger partial charge in [-0.1, -0.05) is 22.8 Å². The third kappa shape index (κ3) is 3.03. The van der Waals surface area contributed by atoms with E-state index < -0.39 is 24.3 Å². The van der Waals surface area contributed by atoms with Crippen molar-refractivity contribution in [3.05, 3.63) is 40.4 Å². The van der Waals surface area contributed by atoms with E-state index in [-0.39, 0.29) is 27.6 Å². The molecule has 8 heteroatoms. The van der Waals surface area contributed by atoms with Gasteiger partial charge >= 0.3 is 5.97 Å². The number of primary amides is 1. The summed E-state index contributed by atoms with van der Waals surface area (Å²) in [5.41, 5.74) is 4.61. The summed E-state index contributed by atoms with van der Waals surface area (Å²) in [6.45, 7) is 0.847. The SMILES string of the molecule is Cc1onc(-c2c(F)cccc2Cl)c1C(=O)OCC(N)=O. The number of benzene rings is 1. The molecule has 6 nitrogen and oxygen atoms in total. The quantitative estimate of drug-likeness (QED) is 0.872. The number of rotatable bonds is 4. The summed E-state index contributed by atoms with van der Waals surface area (Å²) in [7, 11) is 0. The van der Waals surface area contributed by atoms with Crippen LogP contribution in [-0.2, 0) is 9.53 Å². The second-order valence-electron chi connectivity index (χ2n) is 4.10. The fraction of sp³-hybridized carbons (Fsp3) is 0.154. The number of carbonyl (C=O) groups excluding carboxylic acids is 2. The maximum absolute atomic E-state index is 13.9. The highest BCUT2D eigenvalue weighted by Crippen LogP contribution is 2.33. The van der Waals surface area contributed by atoms with E-state index >= 15 is 0 Å². The number of halogens is 2. The highest BCUT2D eigenvalue weighted by molar-refractivity contribution is 6.33. The summed E-state index contributed by atoms with van der Waals surface area (Å²) in [4.78, 5) is 22.6. The molecule has 1 heterocycles. The van der Waals surface area contributed by atoms with Crippen molar-refractivity contribution in [1.29, 1.82) is 0 Å². The second kappa shape index (κ2) is 5.92. The predicted molar refractivity (Wildman–Crippen MR) is 71.1 cm³/mol. The molecule has 1 aromatic carbocycles. The molecule has 0 aliphatic rings. The van der Waals surface area contributed by atoms with Crippen LogP contribution in [0.4, 0.5) is 4.39 Å². The Bertz CT molecular complexity index is 694. The highest BCUT2D eigenvalue weighted by atomic mass is 35.5. The molecule has 0 atom stereocenters. The molecule has 110 valence electrons. The molecule has 1 amide bonds. The van der Waals surface area contributed by atoms with E-state index in [1.807, 2.05) is 0 Å². The summed E-state index contributed by atoms with van der Waals surface area (Å²) in [5.74, 6) is -2.27. The van der Waals surface area contributed by atoms with Gasteiger partial charge < -0.3 is 15.0 Å². The summed E-state index contributed by atoms with van der Waals surface area (Å²) in [6, 6.07) is 4.03. The van der Waals surface area contributed by atoms with Gasteiger partial charge in [0.1, 0.15) is 22.8 Å². The van der Waals surface area contributed by atoms with Gasteiger partial charge in [-0.2, -0.15) is 0 Å². The van der Waals surface area contributed by atoms with Crippen LogP contribution in [-0.4, -0.2) is 23.6 Å². The first-order valence-corrected chi connectivity index (χ1v) is 6.15. The fourth-order valence-corrected chi connectivity index (χ4v) is 1.97. The first-order chi connectivity index (χ1) is 9.91. The van der Waals surface area contributed by atoms with Gasteiger partial charge in [0.05, 0.1) is 10.6 Å². The summed E-state index contributed by atoms with van der Waals surface area (Å²) >= 11 is 5.93. The van der Waals surface area contributed by atoms with Crippen LogP contribution in [0.3, 0.4) is 0 Å². The zero-order chi connectivity index (χ0) is 15.6. The van der Waals surface area contributed by atoms with Crippen LogP contribution in [0.25, 0.3) is 11.3 Å². The maximum Gasteiger partial charge on any atom is 0.344 e. The number of aromatic nitrogens is 1. The van der Waals surface area contributed by atoms with Crippen molar-refractivity contribution in [2.75, 3.05) is 6.61 Å². The van der Waals surface area contributed by atoms with Crippen molar-refractivity contribution in [3.63, 3.8) is 0 Å². The van der Waals surface area contributed by atoms with Crippen LogP contribution < -0.4 is 5.73 Å². The number of hydrogen-bond donors (Lipinski definition) is 1. The third-order valence-corrected chi connectivity index (χ3v) is 2.93. The molecule has 0 unspecified atom stereocenters. The van der Waals surface area contributed by atoms with Gasteiger partial charge in [-0.3, -0.25) is 4.79 Å². The van der Waals surface area contributed by atoms with E-state index in [4.69, 9.17) is 26.6 Å². The van der Waals surface area contributed by atoms with Crippen molar-refractivity contribution >= 4 is 23.5 Å². The summed E-state index contributed by atoms with van der Waals surface area (Å²) < 4.78 is 23.5. The monoisotopic (exact) mass is 312 g/mol. The summed E-state index contributed by atoms with van der Waals surface area (Å²) in [5, 5.41) is 3.70. The zero-order valence-corrected chi connectivity index (χ0v) is 11.6. The minimum Gasteiger partial charge on any atom is -0.452 e. The van der Waals surface area contributed by atoms with Crippen molar-refractivity contribution in [3.8, 4) is 11.3 Å². The van der Waals surface area contributed by atoms with Gasteiger partial charge in [0, 0.05) is 0 Å². The van der Waals surface area contributed by atoms with E-state index in [1.54, 1.807) is 0 Å². The average Bonchev–Trinajstić information content (AvgIpc) is 2.78. The third-order valence-electron chi connectivity index (χ3n) is 2.61. The van der Waals surface area contributed by atoms with Crippen LogP contribution in [0.2, 0.25) is 5.02 Å². The Balaban J connectivity index is 2.48. The van der Waals surface area contributed by atoms with Crippen molar-refractivity contribution in [2.24, 2.45) is 5.73 Å². The molecule has 0 aliphatic heterocycles. The standard InChI is InChI=1S/C13H10ClFN2O4/c1-6-10(13(19)20-5-9(16)18)12(17-21-6)11-7(14)3-2-4-8(11)15/h2-4H,5H2,1H3,(H2,16,18). The van der Waals surface area contributed by atoms with Crippen LogP contribution in [0.1, 0.15) is 16.1 Å². The van der Waals surface area contributed by atoms with Gasteiger partial charge in [-0.15, -0.1) is 0 Å². The number of amides is 1. The van der Waals surface area contributed by atoms with Gasteiger partial charge in [-0.05, 0) is 19.1 Å². The Morgan fingerprint density at radius 1 is 1.48 bits per heavy atom.